The van der Waals surface area contributed by atoms with Crippen LogP contribution in [0.25, 0.3) is 0 Å². The number of nitrogens with one attached hydrogen (secondary N) is 1. The van der Waals surface area contributed by atoms with Gasteiger partial charge in [-0.05, 0) is 55.3 Å². The van der Waals surface area contributed by atoms with Crippen molar-refractivity contribution >= 4 is 40.8 Å². The fourth-order valence-corrected chi connectivity index (χ4v) is 2.42. The molecule has 1 N–H and O–H groups in total. The van der Waals surface area contributed by atoms with Gasteiger partial charge in [0.05, 0.1) is 10.0 Å². The maximum atomic E-state index is 11.8. The van der Waals surface area contributed by atoms with Gasteiger partial charge < -0.3 is 14.8 Å². The third-order valence-corrected chi connectivity index (χ3v) is 3.86. The minimum absolute atomic E-state index is 0.275. The Morgan fingerprint density at radius 1 is 0.960 bits per heavy atom. The number of carbonyl (C=O) groups is 2. The van der Waals surface area contributed by atoms with Gasteiger partial charge in [-0.1, -0.05) is 29.3 Å². The van der Waals surface area contributed by atoms with Gasteiger partial charge in [0.25, 0.3) is 5.91 Å². The van der Waals surface area contributed by atoms with Crippen molar-refractivity contribution < 1.29 is 19.1 Å². The average Bonchev–Trinajstić information content (AvgIpc) is 2.53. The van der Waals surface area contributed by atoms with Crippen LogP contribution in [0.2, 0.25) is 10.0 Å². The number of rotatable bonds is 6. The summed E-state index contributed by atoms with van der Waals surface area (Å²) in [6, 6.07) is 10.3. The van der Waals surface area contributed by atoms with Gasteiger partial charge in [0.2, 0.25) is 0 Å². The van der Waals surface area contributed by atoms with E-state index in [-0.39, 0.29) is 6.61 Å². The standard InChI is InChI=1S/C18H17Cl2NO4/c1-11-5-12(2)7-14(6-11)24-10-18(23)25-9-17(22)21-13-3-4-15(19)16(20)8-13/h3-8H,9-10H2,1-2H3,(H,21,22). The molecule has 0 unspecified atom stereocenters. The molecule has 0 fully saturated rings. The lowest BCUT2D eigenvalue weighted by molar-refractivity contribution is -0.149. The number of esters is 1. The highest BCUT2D eigenvalue weighted by Crippen LogP contribution is 2.24. The topological polar surface area (TPSA) is 64.6 Å². The highest BCUT2D eigenvalue weighted by molar-refractivity contribution is 6.42. The summed E-state index contributed by atoms with van der Waals surface area (Å²) in [6.45, 7) is 3.18. The van der Waals surface area contributed by atoms with Crippen molar-refractivity contribution in [2.75, 3.05) is 18.5 Å². The first kappa shape index (κ1) is 19.1. The first-order valence-corrected chi connectivity index (χ1v) is 8.20. The summed E-state index contributed by atoms with van der Waals surface area (Å²) in [6.07, 6.45) is 0. The molecule has 25 heavy (non-hydrogen) atoms. The van der Waals surface area contributed by atoms with Crippen molar-refractivity contribution in [3.63, 3.8) is 0 Å². The smallest absolute Gasteiger partial charge is 0.344 e. The van der Waals surface area contributed by atoms with Gasteiger partial charge in [0.1, 0.15) is 5.75 Å². The molecule has 0 aliphatic heterocycles. The normalized spacial score (nSPS) is 10.2. The van der Waals surface area contributed by atoms with Crippen molar-refractivity contribution in [3.05, 3.63) is 57.6 Å². The zero-order valence-corrected chi connectivity index (χ0v) is 15.3. The van der Waals surface area contributed by atoms with Gasteiger partial charge >= 0.3 is 5.97 Å². The molecular formula is C18H17Cl2NO4. The predicted molar refractivity (Wildman–Crippen MR) is 97.5 cm³/mol. The summed E-state index contributed by atoms with van der Waals surface area (Å²) in [4.78, 5) is 23.4. The summed E-state index contributed by atoms with van der Waals surface area (Å²) in [5.74, 6) is -0.545. The highest BCUT2D eigenvalue weighted by atomic mass is 35.5. The van der Waals surface area contributed by atoms with Crippen molar-refractivity contribution in [3.8, 4) is 5.75 Å². The summed E-state index contributed by atoms with van der Waals surface area (Å²) in [7, 11) is 0. The molecule has 7 heteroatoms. The molecule has 2 rings (SSSR count). The summed E-state index contributed by atoms with van der Waals surface area (Å²) >= 11 is 11.7. The molecule has 0 aliphatic carbocycles. The maximum Gasteiger partial charge on any atom is 0.344 e. The van der Waals surface area contributed by atoms with E-state index in [2.05, 4.69) is 5.32 Å². The van der Waals surface area contributed by atoms with Gasteiger partial charge in [-0.2, -0.15) is 0 Å². The lowest BCUT2D eigenvalue weighted by Gasteiger charge is -2.09. The highest BCUT2D eigenvalue weighted by Gasteiger charge is 2.10. The van der Waals surface area contributed by atoms with Crippen LogP contribution in [0.5, 0.6) is 5.75 Å². The third-order valence-electron chi connectivity index (χ3n) is 3.12. The minimum Gasteiger partial charge on any atom is -0.482 e. The second kappa shape index (κ2) is 8.74. The van der Waals surface area contributed by atoms with Crippen LogP contribution < -0.4 is 10.1 Å². The van der Waals surface area contributed by atoms with Gasteiger partial charge in [-0.25, -0.2) is 4.79 Å². The molecule has 2 aromatic rings. The summed E-state index contributed by atoms with van der Waals surface area (Å²) in [5.41, 5.74) is 2.52. The molecule has 5 nitrogen and oxygen atoms in total. The first-order valence-electron chi connectivity index (χ1n) is 7.45. The number of carbonyl (C=O) groups excluding carboxylic acids is 2. The molecular weight excluding hydrogens is 365 g/mol. The Hall–Kier alpha value is -2.24. The molecule has 0 radical (unpaired) electrons. The number of halogens is 2. The molecule has 0 saturated heterocycles. The molecule has 132 valence electrons. The monoisotopic (exact) mass is 381 g/mol. The number of aryl methyl sites for hydroxylation is 2. The molecule has 0 heterocycles. The third kappa shape index (κ3) is 6.29. The number of amides is 1. The molecule has 0 saturated carbocycles. The molecule has 0 bridgehead atoms. The zero-order valence-electron chi connectivity index (χ0n) is 13.8. The average molecular weight is 382 g/mol. The van der Waals surface area contributed by atoms with E-state index in [4.69, 9.17) is 32.7 Å². The lowest BCUT2D eigenvalue weighted by Crippen LogP contribution is -2.23. The fraction of sp³-hybridized carbons (Fsp3) is 0.222. The van der Waals surface area contributed by atoms with Crippen LogP contribution in [0.15, 0.2) is 36.4 Å². The number of hydrogen-bond donors (Lipinski definition) is 1. The zero-order chi connectivity index (χ0) is 18.4. The van der Waals surface area contributed by atoms with Crippen LogP contribution >= 0.6 is 23.2 Å². The number of ether oxygens (including phenoxy) is 2. The Morgan fingerprint density at radius 2 is 1.64 bits per heavy atom. The predicted octanol–water partition coefficient (Wildman–Crippen LogP) is 4.17. The summed E-state index contributed by atoms with van der Waals surface area (Å²) in [5, 5.41) is 3.26. The van der Waals surface area contributed by atoms with E-state index in [9.17, 15) is 9.59 Å². The van der Waals surface area contributed by atoms with Crippen LogP contribution in [0.3, 0.4) is 0 Å². The number of anilines is 1. The largest absolute Gasteiger partial charge is 0.482 e. The van der Waals surface area contributed by atoms with Crippen LogP contribution in [0, 0.1) is 13.8 Å². The van der Waals surface area contributed by atoms with Gasteiger partial charge in [-0.3, -0.25) is 4.79 Å². The molecule has 0 atom stereocenters. The number of hydrogen-bond acceptors (Lipinski definition) is 4. The van der Waals surface area contributed by atoms with Crippen molar-refractivity contribution in [2.45, 2.75) is 13.8 Å². The van der Waals surface area contributed by atoms with Gasteiger partial charge in [0.15, 0.2) is 13.2 Å². The lowest BCUT2D eigenvalue weighted by atomic mass is 10.1. The fourth-order valence-electron chi connectivity index (χ4n) is 2.12. The van der Waals surface area contributed by atoms with E-state index in [1.54, 1.807) is 12.1 Å². The number of benzene rings is 2. The quantitative estimate of drug-likeness (QED) is 0.762. The Bertz CT molecular complexity index is 772. The molecule has 0 spiro atoms. The summed E-state index contributed by atoms with van der Waals surface area (Å²) < 4.78 is 10.2. The Kier molecular flexibility index (Phi) is 6.67. The van der Waals surface area contributed by atoms with E-state index in [0.29, 0.717) is 21.5 Å². The SMILES string of the molecule is Cc1cc(C)cc(OCC(=O)OCC(=O)Nc2ccc(Cl)c(Cl)c2)c1. The van der Waals surface area contributed by atoms with Crippen molar-refractivity contribution in [1.29, 1.82) is 0 Å². The van der Waals surface area contributed by atoms with Crippen LogP contribution in [-0.4, -0.2) is 25.1 Å². The Labute approximate surface area is 155 Å². The van der Waals surface area contributed by atoms with E-state index in [0.717, 1.165) is 11.1 Å². The van der Waals surface area contributed by atoms with E-state index >= 15 is 0 Å². The van der Waals surface area contributed by atoms with E-state index in [1.165, 1.54) is 6.07 Å². The van der Waals surface area contributed by atoms with E-state index in [1.807, 2.05) is 32.0 Å². The second-order valence-electron chi connectivity index (χ2n) is 5.45. The molecule has 0 aliphatic rings. The Balaban J connectivity index is 1.77. The molecule has 2 aromatic carbocycles. The first-order chi connectivity index (χ1) is 11.8. The minimum atomic E-state index is -0.636. The maximum absolute atomic E-state index is 11.8. The van der Waals surface area contributed by atoms with Crippen molar-refractivity contribution in [2.24, 2.45) is 0 Å². The molecule has 0 aromatic heterocycles. The van der Waals surface area contributed by atoms with Crippen LogP contribution in [0.1, 0.15) is 11.1 Å². The second-order valence-corrected chi connectivity index (χ2v) is 6.26. The van der Waals surface area contributed by atoms with Crippen LogP contribution in [0.4, 0.5) is 5.69 Å². The van der Waals surface area contributed by atoms with Gasteiger partial charge in [-0.15, -0.1) is 0 Å². The van der Waals surface area contributed by atoms with E-state index < -0.39 is 18.5 Å². The van der Waals surface area contributed by atoms with Crippen LogP contribution in [-0.2, 0) is 14.3 Å². The van der Waals surface area contributed by atoms with Gasteiger partial charge in [0, 0.05) is 5.69 Å². The molecule has 1 amide bonds. The Morgan fingerprint density at radius 3 is 2.28 bits per heavy atom. The van der Waals surface area contributed by atoms with Crippen molar-refractivity contribution in [1.82, 2.24) is 0 Å².